The van der Waals surface area contributed by atoms with Crippen LogP contribution >= 0.6 is 0 Å². The number of aromatic nitrogens is 2. The fourth-order valence-corrected chi connectivity index (χ4v) is 2.42. The number of carboxylic acid groups (broad SMARTS) is 1. The highest BCUT2D eigenvalue weighted by atomic mass is 16.4. The third-order valence-electron chi connectivity index (χ3n) is 3.40. The number of hydrogen-bond donors (Lipinski definition) is 1. The van der Waals surface area contributed by atoms with Gasteiger partial charge in [-0.1, -0.05) is 18.2 Å². The molecular formula is C16H14N2O2. The molecule has 0 aliphatic rings. The molecule has 2 aromatic heterocycles. The molecule has 0 saturated carbocycles. The molecule has 0 aliphatic heterocycles. The molecule has 4 heteroatoms. The summed E-state index contributed by atoms with van der Waals surface area (Å²) in [4.78, 5) is 15.4. The van der Waals surface area contributed by atoms with Crippen molar-refractivity contribution >= 4 is 16.9 Å². The molecule has 100 valence electrons. The molecule has 0 atom stereocenters. The lowest BCUT2D eigenvalue weighted by Crippen LogP contribution is -2.10. The second-order valence-electron chi connectivity index (χ2n) is 4.65. The van der Waals surface area contributed by atoms with Gasteiger partial charge in [-0.3, -0.25) is 4.98 Å². The highest BCUT2D eigenvalue weighted by Crippen LogP contribution is 2.20. The van der Waals surface area contributed by atoms with Gasteiger partial charge in [0.15, 0.2) is 0 Å². The number of hydrogen-bond acceptors (Lipinski definition) is 2. The van der Waals surface area contributed by atoms with Crippen LogP contribution in [0.3, 0.4) is 0 Å². The Hall–Kier alpha value is -2.62. The molecule has 0 saturated heterocycles. The van der Waals surface area contributed by atoms with Crippen LogP contribution in [0.5, 0.6) is 0 Å². The summed E-state index contributed by atoms with van der Waals surface area (Å²) in [5, 5.41) is 10.3. The van der Waals surface area contributed by atoms with Crippen molar-refractivity contribution < 1.29 is 9.90 Å². The summed E-state index contributed by atoms with van der Waals surface area (Å²) < 4.78 is 1.86. The van der Waals surface area contributed by atoms with E-state index in [9.17, 15) is 9.90 Å². The van der Waals surface area contributed by atoms with Gasteiger partial charge in [-0.2, -0.15) is 0 Å². The van der Waals surface area contributed by atoms with Crippen molar-refractivity contribution in [3.05, 3.63) is 66.1 Å². The van der Waals surface area contributed by atoms with Crippen LogP contribution in [0.4, 0.5) is 0 Å². The summed E-state index contributed by atoms with van der Waals surface area (Å²) in [6.07, 6.45) is 4.28. The maximum Gasteiger partial charge on any atom is 0.352 e. The van der Waals surface area contributed by atoms with Crippen LogP contribution in [0.25, 0.3) is 10.9 Å². The minimum absolute atomic E-state index is 0.334. The Bertz CT molecular complexity index is 748. The Morgan fingerprint density at radius 3 is 2.65 bits per heavy atom. The highest BCUT2D eigenvalue weighted by Gasteiger charge is 2.13. The number of benzene rings is 1. The summed E-state index contributed by atoms with van der Waals surface area (Å²) in [5.41, 5.74) is 2.44. The van der Waals surface area contributed by atoms with Crippen molar-refractivity contribution in [3.8, 4) is 0 Å². The van der Waals surface area contributed by atoms with E-state index in [0.717, 1.165) is 22.9 Å². The topological polar surface area (TPSA) is 55.1 Å². The quantitative estimate of drug-likeness (QED) is 0.789. The molecule has 0 amide bonds. The smallest absolute Gasteiger partial charge is 0.352 e. The molecule has 1 N–H and O–H groups in total. The minimum atomic E-state index is -0.893. The molecule has 0 fully saturated rings. The van der Waals surface area contributed by atoms with Gasteiger partial charge < -0.3 is 9.67 Å². The molecule has 3 aromatic rings. The van der Waals surface area contributed by atoms with Gasteiger partial charge in [0.05, 0.1) is 0 Å². The third-order valence-corrected chi connectivity index (χ3v) is 3.40. The fraction of sp³-hybridized carbons (Fsp3) is 0.125. The first-order valence-electron chi connectivity index (χ1n) is 6.46. The van der Waals surface area contributed by atoms with E-state index in [0.29, 0.717) is 12.2 Å². The number of fused-ring (bicyclic) bond motifs is 1. The average Bonchev–Trinajstić information content (AvgIpc) is 2.85. The van der Waals surface area contributed by atoms with Crippen molar-refractivity contribution in [1.29, 1.82) is 0 Å². The molecule has 0 spiro atoms. The molecular weight excluding hydrogens is 252 g/mol. The van der Waals surface area contributed by atoms with Gasteiger partial charge in [-0.15, -0.1) is 0 Å². The van der Waals surface area contributed by atoms with Crippen molar-refractivity contribution in [2.75, 3.05) is 0 Å². The first kappa shape index (κ1) is 12.4. The molecule has 0 bridgehead atoms. The number of rotatable bonds is 4. The van der Waals surface area contributed by atoms with Gasteiger partial charge in [-0.25, -0.2) is 4.79 Å². The molecule has 0 radical (unpaired) electrons. The molecule has 0 aliphatic carbocycles. The van der Waals surface area contributed by atoms with Crippen molar-refractivity contribution in [1.82, 2.24) is 9.55 Å². The van der Waals surface area contributed by atoms with Crippen LogP contribution in [0, 0.1) is 0 Å². The predicted molar refractivity (Wildman–Crippen MR) is 76.8 cm³/mol. The van der Waals surface area contributed by atoms with Gasteiger partial charge in [0.2, 0.25) is 0 Å². The number of carbonyl (C=O) groups is 1. The molecule has 3 rings (SSSR count). The normalized spacial score (nSPS) is 10.8. The summed E-state index contributed by atoms with van der Waals surface area (Å²) in [7, 11) is 0. The summed E-state index contributed by atoms with van der Waals surface area (Å²) in [5.74, 6) is -0.893. The van der Waals surface area contributed by atoms with Crippen LogP contribution in [-0.4, -0.2) is 20.6 Å². The van der Waals surface area contributed by atoms with Gasteiger partial charge in [0.1, 0.15) is 5.69 Å². The van der Waals surface area contributed by atoms with Gasteiger partial charge in [0.25, 0.3) is 0 Å². The van der Waals surface area contributed by atoms with E-state index in [1.165, 1.54) is 0 Å². The van der Waals surface area contributed by atoms with E-state index < -0.39 is 5.97 Å². The van der Waals surface area contributed by atoms with Gasteiger partial charge in [0, 0.05) is 29.8 Å². The van der Waals surface area contributed by atoms with E-state index in [-0.39, 0.29) is 0 Å². The first-order valence-corrected chi connectivity index (χ1v) is 6.46. The number of nitrogens with zero attached hydrogens (tertiary/aromatic N) is 2. The number of carboxylic acids is 1. The Labute approximate surface area is 116 Å². The maximum absolute atomic E-state index is 11.4. The summed E-state index contributed by atoms with van der Waals surface area (Å²) in [6.45, 7) is 0.638. The SMILES string of the molecule is O=C(O)c1cc2ccccc2n1CCc1ccncc1. The Morgan fingerprint density at radius 1 is 1.15 bits per heavy atom. The second-order valence-corrected chi connectivity index (χ2v) is 4.65. The highest BCUT2D eigenvalue weighted by molar-refractivity contribution is 5.94. The summed E-state index contributed by atoms with van der Waals surface area (Å²) >= 11 is 0. The van der Waals surface area contributed by atoms with E-state index in [1.54, 1.807) is 18.5 Å². The molecule has 20 heavy (non-hydrogen) atoms. The number of pyridine rings is 1. The van der Waals surface area contributed by atoms with Gasteiger partial charge in [-0.05, 0) is 36.2 Å². The number of aromatic carboxylic acids is 1. The van der Waals surface area contributed by atoms with Crippen molar-refractivity contribution in [3.63, 3.8) is 0 Å². The van der Waals surface area contributed by atoms with E-state index in [4.69, 9.17) is 0 Å². The lowest BCUT2D eigenvalue weighted by Gasteiger charge is -2.08. The van der Waals surface area contributed by atoms with Crippen LogP contribution in [-0.2, 0) is 13.0 Å². The van der Waals surface area contributed by atoms with Crippen LogP contribution < -0.4 is 0 Å². The van der Waals surface area contributed by atoms with E-state index >= 15 is 0 Å². The standard InChI is InChI=1S/C16H14N2O2/c19-16(20)15-11-13-3-1-2-4-14(13)18(15)10-7-12-5-8-17-9-6-12/h1-6,8-9,11H,7,10H2,(H,19,20). The first-order chi connectivity index (χ1) is 9.75. The monoisotopic (exact) mass is 266 g/mol. The average molecular weight is 266 g/mol. The van der Waals surface area contributed by atoms with E-state index in [1.807, 2.05) is 41.0 Å². The lowest BCUT2D eigenvalue weighted by atomic mass is 10.2. The van der Waals surface area contributed by atoms with Gasteiger partial charge >= 0.3 is 5.97 Å². The number of aryl methyl sites for hydroxylation is 2. The Morgan fingerprint density at radius 2 is 1.90 bits per heavy atom. The zero-order valence-electron chi connectivity index (χ0n) is 10.9. The zero-order chi connectivity index (χ0) is 13.9. The predicted octanol–water partition coefficient (Wildman–Crippen LogP) is 2.98. The maximum atomic E-state index is 11.4. The van der Waals surface area contributed by atoms with Crippen LogP contribution in [0.15, 0.2) is 54.9 Å². The Balaban J connectivity index is 1.97. The second kappa shape index (κ2) is 5.17. The Kier molecular flexibility index (Phi) is 3.21. The summed E-state index contributed by atoms with van der Waals surface area (Å²) in [6, 6.07) is 13.4. The minimum Gasteiger partial charge on any atom is -0.477 e. The molecule has 0 unspecified atom stereocenters. The largest absolute Gasteiger partial charge is 0.477 e. The van der Waals surface area contributed by atoms with Crippen molar-refractivity contribution in [2.45, 2.75) is 13.0 Å². The zero-order valence-corrected chi connectivity index (χ0v) is 10.9. The van der Waals surface area contributed by atoms with Crippen molar-refractivity contribution in [2.24, 2.45) is 0 Å². The molecule has 1 aromatic carbocycles. The third kappa shape index (κ3) is 2.28. The molecule has 4 nitrogen and oxygen atoms in total. The van der Waals surface area contributed by atoms with Crippen LogP contribution in [0.2, 0.25) is 0 Å². The van der Waals surface area contributed by atoms with Crippen LogP contribution in [0.1, 0.15) is 16.1 Å². The number of para-hydroxylation sites is 1. The van der Waals surface area contributed by atoms with E-state index in [2.05, 4.69) is 4.98 Å². The lowest BCUT2D eigenvalue weighted by molar-refractivity contribution is 0.0685. The fourth-order valence-electron chi connectivity index (χ4n) is 2.42. The molecule has 2 heterocycles.